The van der Waals surface area contributed by atoms with Crippen molar-refractivity contribution in [3.05, 3.63) is 0 Å². The minimum atomic E-state index is 0.870. The average Bonchev–Trinajstić information content (AvgIpc) is 2.27. The van der Waals surface area contributed by atoms with Crippen molar-refractivity contribution in [2.45, 2.75) is 92.4 Å². The second kappa shape index (κ2) is 11.1. The fourth-order valence-electron chi connectivity index (χ4n) is 2.92. The molecular formula is C17H36. The van der Waals surface area contributed by atoms with E-state index in [0.717, 1.165) is 17.8 Å². The molecule has 0 aliphatic rings. The van der Waals surface area contributed by atoms with Crippen LogP contribution in [-0.4, -0.2) is 0 Å². The van der Waals surface area contributed by atoms with E-state index in [1.807, 2.05) is 0 Å². The van der Waals surface area contributed by atoms with Gasteiger partial charge in [-0.25, -0.2) is 0 Å². The lowest BCUT2D eigenvalue weighted by Crippen LogP contribution is -2.14. The van der Waals surface area contributed by atoms with E-state index in [1.54, 1.807) is 0 Å². The van der Waals surface area contributed by atoms with Crippen LogP contribution in [0.4, 0.5) is 0 Å². The van der Waals surface area contributed by atoms with Crippen LogP contribution in [0.2, 0.25) is 0 Å². The second-order valence-electron chi connectivity index (χ2n) is 6.36. The Kier molecular flexibility index (Phi) is 11.1. The number of hydrogen-bond donors (Lipinski definition) is 0. The molecule has 0 aliphatic carbocycles. The molecule has 0 amide bonds. The van der Waals surface area contributed by atoms with Crippen LogP contribution in [0, 0.1) is 17.8 Å². The summed E-state index contributed by atoms with van der Waals surface area (Å²) in [5.41, 5.74) is 0. The molecule has 17 heavy (non-hydrogen) atoms. The van der Waals surface area contributed by atoms with E-state index in [4.69, 9.17) is 0 Å². The molecule has 0 bridgehead atoms. The number of hydrogen-bond acceptors (Lipinski definition) is 0. The Morgan fingerprint density at radius 2 is 1.35 bits per heavy atom. The largest absolute Gasteiger partial charge is 0.0654 e. The summed E-state index contributed by atoms with van der Waals surface area (Å²) in [6.07, 6.45) is 12.8. The lowest BCUT2D eigenvalue weighted by atomic mass is 9.81. The van der Waals surface area contributed by atoms with E-state index in [0.29, 0.717) is 0 Å². The third kappa shape index (κ3) is 9.68. The van der Waals surface area contributed by atoms with Gasteiger partial charge >= 0.3 is 0 Å². The maximum Gasteiger partial charge on any atom is -0.0386 e. The zero-order valence-corrected chi connectivity index (χ0v) is 13.1. The Bertz CT molecular complexity index is 148. The highest BCUT2D eigenvalue weighted by molar-refractivity contribution is 4.68. The fourth-order valence-corrected chi connectivity index (χ4v) is 2.92. The van der Waals surface area contributed by atoms with Crippen molar-refractivity contribution >= 4 is 0 Å². The maximum atomic E-state index is 2.49. The first-order valence-electron chi connectivity index (χ1n) is 8.11. The zero-order valence-electron chi connectivity index (χ0n) is 13.1. The highest BCUT2D eigenvalue weighted by Gasteiger charge is 2.17. The summed E-state index contributed by atoms with van der Waals surface area (Å²) in [6.45, 7) is 11.9. The van der Waals surface area contributed by atoms with Gasteiger partial charge in [-0.15, -0.1) is 0 Å². The van der Waals surface area contributed by atoms with Gasteiger partial charge in [-0.05, 0) is 24.2 Å². The van der Waals surface area contributed by atoms with Crippen molar-refractivity contribution in [2.75, 3.05) is 0 Å². The number of rotatable bonds is 11. The second-order valence-corrected chi connectivity index (χ2v) is 6.36. The molecule has 0 aromatic rings. The molecule has 0 fully saturated rings. The highest BCUT2D eigenvalue weighted by Crippen LogP contribution is 2.28. The molecule has 0 radical (unpaired) electrons. The lowest BCUT2D eigenvalue weighted by Gasteiger charge is -2.25. The standard InChI is InChI=1S/C17H36/c1-6-8-9-10-11-13-16(5)17(12-7-2)14-15(3)4/h15-17H,6-14H2,1-5H3. The first-order valence-corrected chi connectivity index (χ1v) is 8.11. The van der Waals surface area contributed by atoms with Gasteiger partial charge in [-0.3, -0.25) is 0 Å². The van der Waals surface area contributed by atoms with Crippen LogP contribution in [0.15, 0.2) is 0 Å². The molecule has 0 N–H and O–H groups in total. The molecule has 0 rings (SSSR count). The molecule has 0 spiro atoms. The predicted octanol–water partition coefficient (Wildman–Crippen LogP) is 6.45. The Hall–Kier alpha value is 0. The smallest absolute Gasteiger partial charge is 0.0386 e. The molecule has 0 nitrogen and oxygen atoms in total. The summed E-state index contributed by atoms with van der Waals surface area (Å²) < 4.78 is 0. The van der Waals surface area contributed by atoms with Gasteiger partial charge in [-0.2, -0.15) is 0 Å². The Balaban J connectivity index is 3.76. The summed E-state index contributed by atoms with van der Waals surface area (Å²) in [7, 11) is 0. The summed E-state index contributed by atoms with van der Waals surface area (Å²) in [5, 5.41) is 0. The highest BCUT2D eigenvalue weighted by atomic mass is 14.2. The third-order valence-electron chi connectivity index (χ3n) is 4.00. The third-order valence-corrected chi connectivity index (χ3v) is 4.00. The van der Waals surface area contributed by atoms with Crippen molar-refractivity contribution < 1.29 is 0 Å². The van der Waals surface area contributed by atoms with E-state index in [1.165, 1.54) is 57.8 Å². The minimum absolute atomic E-state index is 0.870. The van der Waals surface area contributed by atoms with Crippen LogP contribution in [0.5, 0.6) is 0 Å². The molecule has 104 valence electrons. The molecule has 0 aromatic carbocycles. The van der Waals surface area contributed by atoms with Crippen LogP contribution in [-0.2, 0) is 0 Å². The fraction of sp³-hybridized carbons (Fsp3) is 1.00. The lowest BCUT2D eigenvalue weighted by molar-refractivity contribution is 0.261. The van der Waals surface area contributed by atoms with Gasteiger partial charge in [0.25, 0.3) is 0 Å². The van der Waals surface area contributed by atoms with Crippen LogP contribution >= 0.6 is 0 Å². The molecule has 0 heteroatoms. The van der Waals surface area contributed by atoms with Crippen molar-refractivity contribution in [1.29, 1.82) is 0 Å². The Labute approximate surface area is 111 Å². The first-order chi connectivity index (χ1) is 8.11. The van der Waals surface area contributed by atoms with Crippen LogP contribution in [0.3, 0.4) is 0 Å². The van der Waals surface area contributed by atoms with Gasteiger partial charge in [0, 0.05) is 0 Å². The molecule has 0 aliphatic heterocycles. The van der Waals surface area contributed by atoms with Crippen molar-refractivity contribution in [1.82, 2.24) is 0 Å². The van der Waals surface area contributed by atoms with E-state index in [9.17, 15) is 0 Å². The SMILES string of the molecule is CCCCCCCC(C)C(CCC)CC(C)C. The molecule has 0 saturated heterocycles. The predicted molar refractivity (Wildman–Crippen MR) is 80.4 cm³/mol. The van der Waals surface area contributed by atoms with E-state index >= 15 is 0 Å². The molecule has 0 saturated carbocycles. The average molecular weight is 240 g/mol. The van der Waals surface area contributed by atoms with Crippen molar-refractivity contribution in [2.24, 2.45) is 17.8 Å². The molecular weight excluding hydrogens is 204 g/mol. The van der Waals surface area contributed by atoms with Gasteiger partial charge in [0.15, 0.2) is 0 Å². The van der Waals surface area contributed by atoms with Crippen molar-refractivity contribution in [3.63, 3.8) is 0 Å². The van der Waals surface area contributed by atoms with Crippen LogP contribution in [0.25, 0.3) is 0 Å². The minimum Gasteiger partial charge on any atom is -0.0654 e. The summed E-state index contributed by atoms with van der Waals surface area (Å²) in [5.74, 6) is 2.79. The maximum absolute atomic E-state index is 2.49. The topological polar surface area (TPSA) is 0 Å². The normalized spacial score (nSPS) is 15.2. The zero-order chi connectivity index (χ0) is 13.1. The number of unbranched alkanes of at least 4 members (excludes halogenated alkanes) is 4. The molecule has 2 unspecified atom stereocenters. The van der Waals surface area contributed by atoms with Gasteiger partial charge in [0.05, 0.1) is 0 Å². The van der Waals surface area contributed by atoms with Gasteiger partial charge in [-0.1, -0.05) is 86.0 Å². The summed E-state index contributed by atoms with van der Waals surface area (Å²) in [4.78, 5) is 0. The van der Waals surface area contributed by atoms with Gasteiger partial charge in [0.2, 0.25) is 0 Å². The van der Waals surface area contributed by atoms with Crippen molar-refractivity contribution in [3.8, 4) is 0 Å². The van der Waals surface area contributed by atoms with E-state index in [2.05, 4.69) is 34.6 Å². The Morgan fingerprint density at radius 1 is 0.706 bits per heavy atom. The van der Waals surface area contributed by atoms with Gasteiger partial charge < -0.3 is 0 Å². The van der Waals surface area contributed by atoms with E-state index in [-0.39, 0.29) is 0 Å². The molecule has 0 aromatic heterocycles. The molecule has 2 atom stereocenters. The van der Waals surface area contributed by atoms with Gasteiger partial charge in [0.1, 0.15) is 0 Å². The van der Waals surface area contributed by atoms with Crippen LogP contribution < -0.4 is 0 Å². The first kappa shape index (κ1) is 17.0. The molecule has 0 heterocycles. The Morgan fingerprint density at radius 3 is 1.88 bits per heavy atom. The van der Waals surface area contributed by atoms with E-state index < -0.39 is 0 Å². The summed E-state index contributed by atoms with van der Waals surface area (Å²) >= 11 is 0. The van der Waals surface area contributed by atoms with Crippen LogP contribution in [0.1, 0.15) is 92.4 Å². The monoisotopic (exact) mass is 240 g/mol. The summed E-state index contributed by atoms with van der Waals surface area (Å²) in [6, 6.07) is 0. The quantitative estimate of drug-likeness (QED) is 0.364.